The Morgan fingerprint density at radius 2 is 1.87 bits per heavy atom. The summed E-state index contributed by atoms with van der Waals surface area (Å²) in [5.41, 5.74) is 13.5. The van der Waals surface area contributed by atoms with Crippen molar-refractivity contribution in [2.24, 2.45) is 16.6 Å². The monoisotopic (exact) mass is 312 g/mol. The third-order valence-electron chi connectivity index (χ3n) is 5.18. The van der Waals surface area contributed by atoms with Gasteiger partial charge >= 0.3 is 0 Å². The lowest BCUT2D eigenvalue weighted by molar-refractivity contribution is -0.211. The number of anilines is 1. The van der Waals surface area contributed by atoms with E-state index in [1.165, 1.54) is 0 Å². The molecule has 0 spiro atoms. The maximum atomic E-state index is 9.94. The van der Waals surface area contributed by atoms with Gasteiger partial charge in [-0.1, -0.05) is 12.1 Å². The first-order valence-corrected chi connectivity index (χ1v) is 7.79. The molecule has 23 heavy (non-hydrogen) atoms. The predicted octanol–water partition coefficient (Wildman–Crippen LogP) is 1.94. The Bertz CT molecular complexity index is 742. The van der Waals surface area contributed by atoms with Crippen molar-refractivity contribution in [2.45, 2.75) is 19.3 Å². The predicted molar refractivity (Wildman–Crippen MR) is 86.8 cm³/mol. The summed E-state index contributed by atoms with van der Waals surface area (Å²) < 4.78 is 5.92. The van der Waals surface area contributed by atoms with Crippen molar-refractivity contribution in [1.82, 2.24) is 10.2 Å². The highest BCUT2D eigenvalue weighted by Crippen LogP contribution is 2.72. The molecule has 5 N–H and O–H groups in total. The van der Waals surface area contributed by atoms with Crippen molar-refractivity contribution >= 4 is 5.82 Å². The molecule has 0 amide bonds. The van der Waals surface area contributed by atoms with Crippen LogP contribution in [0.15, 0.2) is 30.3 Å². The maximum Gasteiger partial charge on any atom is 0.188 e. The first kappa shape index (κ1) is 14.3. The minimum atomic E-state index is 0.154. The third kappa shape index (κ3) is 2.21. The van der Waals surface area contributed by atoms with Gasteiger partial charge in [0, 0.05) is 17.0 Å². The van der Waals surface area contributed by atoms with Gasteiger partial charge in [0.2, 0.25) is 0 Å². The highest BCUT2D eigenvalue weighted by atomic mass is 16.5. The van der Waals surface area contributed by atoms with Crippen molar-refractivity contribution in [3.05, 3.63) is 30.3 Å². The summed E-state index contributed by atoms with van der Waals surface area (Å²) in [4.78, 5) is 0. The average Bonchev–Trinajstić information content (AvgIpc) is 2.47. The normalized spacial score (nSPS) is 27.9. The van der Waals surface area contributed by atoms with Crippen LogP contribution in [0.2, 0.25) is 0 Å². The van der Waals surface area contributed by atoms with Crippen LogP contribution in [-0.2, 0) is 0 Å². The largest absolute Gasteiger partial charge is 0.507 e. The molecule has 2 aromatic rings. The molecule has 1 aromatic heterocycles. The van der Waals surface area contributed by atoms with E-state index in [-0.39, 0.29) is 17.0 Å². The highest BCUT2D eigenvalue weighted by molar-refractivity contribution is 5.68. The number of nitrogen functional groups attached to an aromatic ring is 1. The summed E-state index contributed by atoms with van der Waals surface area (Å²) in [6.07, 6.45) is 3.42. The van der Waals surface area contributed by atoms with Gasteiger partial charge < -0.3 is 21.3 Å². The smallest absolute Gasteiger partial charge is 0.188 e. The average molecular weight is 312 g/mol. The fourth-order valence-corrected chi connectivity index (χ4v) is 4.15. The zero-order valence-electron chi connectivity index (χ0n) is 12.8. The number of hydrogen-bond donors (Lipinski definition) is 3. The van der Waals surface area contributed by atoms with Crippen molar-refractivity contribution in [3.8, 4) is 22.8 Å². The van der Waals surface area contributed by atoms with Gasteiger partial charge in [-0.15, -0.1) is 10.2 Å². The van der Waals surface area contributed by atoms with E-state index in [1.807, 2.05) is 6.07 Å². The van der Waals surface area contributed by atoms with E-state index in [0.29, 0.717) is 29.0 Å². The lowest BCUT2D eigenvalue weighted by Crippen LogP contribution is -2.66. The van der Waals surface area contributed by atoms with Crippen molar-refractivity contribution in [3.63, 3.8) is 0 Å². The molecule has 2 bridgehead atoms. The standard InChI is InChI=1S/C17H20N4O2/c18-9-16-6-17(7-16,8-16)10-23-14-5-12(20-21-15(14)19)11-3-1-2-4-13(11)22/h1-5,22H,6-10,18H2,(H2,19,21). The van der Waals surface area contributed by atoms with Gasteiger partial charge in [0.15, 0.2) is 11.6 Å². The van der Waals surface area contributed by atoms with Crippen LogP contribution in [0.25, 0.3) is 11.3 Å². The van der Waals surface area contributed by atoms with E-state index in [2.05, 4.69) is 10.2 Å². The molecule has 6 heteroatoms. The van der Waals surface area contributed by atoms with Crippen molar-refractivity contribution < 1.29 is 9.84 Å². The second-order valence-electron chi connectivity index (χ2n) is 7.02. The highest BCUT2D eigenvalue weighted by Gasteiger charge is 2.67. The van der Waals surface area contributed by atoms with Crippen LogP contribution in [-0.4, -0.2) is 28.5 Å². The molecule has 3 aliphatic carbocycles. The van der Waals surface area contributed by atoms with Gasteiger partial charge in [0.25, 0.3) is 0 Å². The number of benzene rings is 1. The zero-order valence-corrected chi connectivity index (χ0v) is 12.8. The molecule has 1 aromatic carbocycles. The maximum absolute atomic E-state index is 9.94. The number of phenolic OH excluding ortho intramolecular Hbond substituents is 1. The van der Waals surface area contributed by atoms with E-state index < -0.39 is 0 Å². The number of ether oxygens (including phenoxy) is 1. The first-order chi connectivity index (χ1) is 11.0. The van der Waals surface area contributed by atoms with Gasteiger partial charge in [0.05, 0.1) is 6.61 Å². The van der Waals surface area contributed by atoms with Crippen LogP contribution in [0.1, 0.15) is 19.3 Å². The molecule has 5 rings (SSSR count). The Kier molecular flexibility index (Phi) is 2.99. The number of aromatic hydroxyl groups is 1. The van der Waals surface area contributed by atoms with Crippen LogP contribution in [0.4, 0.5) is 5.82 Å². The Morgan fingerprint density at radius 1 is 1.13 bits per heavy atom. The Labute approximate surface area is 134 Å². The Hall–Kier alpha value is -2.34. The second kappa shape index (κ2) is 4.83. The number of rotatable bonds is 5. The molecule has 3 aliphatic rings. The number of para-hydroxylation sites is 1. The minimum absolute atomic E-state index is 0.154. The summed E-state index contributed by atoms with van der Waals surface area (Å²) in [7, 11) is 0. The first-order valence-electron chi connectivity index (χ1n) is 7.79. The van der Waals surface area contributed by atoms with Crippen LogP contribution >= 0.6 is 0 Å². The zero-order chi connectivity index (χ0) is 16.1. The van der Waals surface area contributed by atoms with Gasteiger partial charge in [-0.2, -0.15) is 0 Å². The van der Waals surface area contributed by atoms with Crippen molar-refractivity contribution in [2.75, 3.05) is 18.9 Å². The summed E-state index contributed by atoms with van der Waals surface area (Å²) in [5, 5.41) is 17.9. The fourth-order valence-electron chi connectivity index (χ4n) is 4.15. The van der Waals surface area contributed by atoms with Gasteiger partial charge in [-0.05, 0) is 43.4 Å². The summed E-state index contributed by atoms with van der Waals surface area (Å²) >= 11 is 0. The quantitative estimate of drug-likeness (QED) is 0.779. The SMILES string of the molecule is NCC12CC(COc3cc(-c4ccccc4O)nnc3N)(C1)C2. The molecule has 0 aliphatic heterocycles. The van der Waals surface area contributed by atoms with Crippen LogP contribution in [0.3, 0.4) is 0 Å². The molecule has 0 atom stereocenters. The van der Waals surface area contributed by atoms with Gasteiger partial charge in [-0.25, -0.2) is 0 Å². The topological polar surface area (TPSA) is 107 Å². The number of phenols is 1. The third-order valence-corrected chi connectivity index (χ3v) is 5.18. The Balaban J connectivity index is 1.51. The lowest BCUT2D eigenvalue weighted by Gasteiger charge is -2.70. The van der Waals surface area contributed by atoms with E-state index in [0.717, 1.165) is 25.8 Å². The molecule has 3 fully saturated rings. The van der Waals surface area contributed by atoms with Crippen LogP contribution < -0.4 is 16.2 Å². The number of nitrogens with two attached hydrogens (primary N) is 2. The number of aromatic nitrogens is 2. The summed E-state index contributed by atoms with van der Waals surface area (Å²) in [5.74, 6) is 0.941. The van der Waals surface area contributed by atoms with Crippen molar-refractivity contribution in [1.29, 1.82) is 0 Å². The number of nitrogens with zero attached hydrogens (tertiary/aromatic N) is 2. The van der Waals surface area contributed by atoms with E-state index in [9.17, 15) is 5.11 Å². The van der Waals surface area contributed by atoms with Gasteiger partial charge in [-0.3, -0.25) is 0 Å². The fraction of sp³-hybridized carbons (Fsp3) is 0.412. The molecule has 0 radical (unpaired) electrons. The molecular weight excluding hydrogens is 292 g/mol. The molecule has 120 valence electrons. The Morgan fingerprint density at radius 3 is 2.57 bits per heavy atom. The second-order valence-corrected chi connectivity index (χ2v) is 7.02. The molecule has 1 heterocycles. The summed E-state index contributed by atoms with van der Waals surface area (Å²) in [6.45, 7) is 1.40. The van der Waals surface area contributed by atoms with Crippen LogP contribution in [0.5, 0.6) is 11.5 Å². The molecule has 0 saturated heterocycles. The molecule has 3 saturated carbocycles. The van der Waals surface area contributed by atoms with E-state index in [1.54, 1.807) is 24.3 Å². The van der Waals surface area contributed by atoms with E-state index >= 15 is 0 Å². The van der Waals surface area contributed by atoms with Gasteiger partial charge in [0.1, 0.15) is 11.4 Å². The molecular formula is C17H20N4O2. The summed E-state index contributed by atoms with van der Waals surface area (Å²) in [6, 6.07) is 8.73. The van der Waals surface area contributed by atoms with Crippen LogP contribution in [0, 0.1) is 10.8 Å². The molecule has 6 nitrogen and oxygen atoms in total. The minimum Gasteiger partial charge on any atom is -0.507 e. The number of hydrogen-bond acceptors (Lipinski definition) is 6. The molecule has 0 unspecified atom stereocenters. The van der Waals surface area contributed by atoms with E-state index in [4.69, 9.17) is 16.2 Å². The lowest BCUT2D eigenvalue weighted by atomic mass is 9.35.